The number of esters is 1. The highest BCUT2D eigenvalue weighted by atomic mass is 16.5. The summed E-state index contributed by atoms with van der Waals surface area (Å²) in [5.74, 6) is -0.175. The molecule has 0 saturated heterocycles. The maximum Gasteiger partial charge on any atom is 0.308 e. The molecule has 3 aromatic carbocycles. The van der Waals surface area contributed by atoms with Crippen molar-refractivity contribution in [1.29, 1.82) is 0 Å². The van der Waals surface area contributed by atoms with Gasteiger partial charge in [0.15, 0.2) is 0 Å². The molecule has 0 bridgehead atoms. The Labute approximate surface area is 130 Å². The zero-order chi connectivity index (χ0) is 15.5. The van der Waals surface area contributed by atoms with E-state index in [4.69, 9.17) is 4.74 Å². The summed E-state index contributed by atoms with van der Waals surface area (Å²) in [6.45, 7) is 4.23. The topological polar surface area (TPSA) is 26.3 Å². The molecular formula is C20H20O2. The molecule has 0 aromatic heterocycles. The zero-order valence-corrected chi connectivity index (χ0v) is 13.0. The Balaban J connectivity index is 2.02. The smallest absolute Gasteiger partial charge is 0.308 e. The number of hydrogen-bond donors (Lipinski definition) is 0. The lowest BCUT2D eigenvalue weighted by Gasteiger charge is -2.12. The highest BCUT2D eigenvalue weighted by molar-refractivity contribution is 6.09. The van der Waals surface area contributed by atoms with Crippen LogP contribution in [0.1, 0.15) is 25.8 Å². The van der Waals surface area contributed by atoms with Gasteiger partial charge < -0.3 is 4.74 Å². The number of benzene rings is 3. The molecule has 0 heterocycles. The monoisotopic (exact) mass is 292 g/mol. The normalized spacial score (nSPS) is 12.5. The second kappa shape index (κ2) is 6.18. The molecule has 0 saturated carbocycles. The van der Waals surface area contributed by atoms with Gasteiger partial charge in [-0.15, -0.1) is 0 Å². The van der Waals surface area contributed by atoms with Crippen molar-refractivity contribution in [3.63, 3.8) is 0 Å². The van der Waals surface area contributed by atoms with E-state index in [1.807, 2.05) is 38.1 Å². The van der Waals surface area contributed by atoms with Crippen molar-refractivity contribution in [3.05, 3.63) is 60.2 Å². The molecule has 0 spiro atoms. The van der Waals surface area contributed by atoms with E-state index in [1.165, 1.54) is 21.5 Å². The van der Waals surface area contributed by atoms with E-state index in [0.717, 1.165) is 12.0 Å². The Morgan fingerprint density at radius 1 is 1.00 bits per heavy atom. The summed E-state index contributed by atoms with van der Waals surface area (Å²) < 4.78 is 5.50. The molecule has 0 N–H and O–H groups in total. The summed E-state index contributed by atoms with van der Waals surface area (Å²) in [5, 5.41) is 4.76. The van der Waals surface area contributed by atoms with Crippen LogP contribution in [0.4, 0.5) is 0 Å². The van der Waals surface area contributed by atoms with Crippen molar-refractivity contribution in [2.24, 2.45) is 5.92 Å². The van der Waals surface area contributed by atoms with Crippen molar-refractivity contribution in [2.75, 3.05) is 0 Å². The van der Waals surface area contributed by atoms with Gasteiger partial charge in [-0.1, -0.05) is 68.4 Å². The molecule has 0 aliphatic rings. The maximum absolute atomic E-state index is 11.9. The summed E-state index contributed by atoms with van der Waals surface area (Å²) in [6.07, 6.45) is 0.803. The van der Waals surface area contributed by atoms with Gasteiger partial charge in [0, 0.05) is 0 Å². The van der Waals surface area contributed by atoms with Gasteiger partial charge in [0.1, 0.15) is 6.61 Å². The second-order valence-corrected chi connectivity index (χ2v) is 5.72. The average molecular weight is 292 g/mol. The number of fused-ring (bicyclic) bond motifs is 3. The first-order chi connectivity index (χ1) is 10.7. The molecule has 22 heavy (non-hydrogen) atoms. The minimum atomic E-state index is -0.125. The minimum Gasteiger partial charge on any atom is -0.461 e. The van der Waals surface area contributed by atoms with Crippen molar-refractivity contribution in [1.82, 2.24) is 0 Å². The largest absolute Gasteiger partial charge is 0.461 e. The molecule has 112 valence electrons. The lowest BCUT2D eigenvalue weighted by Crippen LogP contribution is -2.13. The first kappa shape index (κ1) is 14.6. The number of carbonyl (C=O) groups excluding carboxylic acids is 1. The second-order valence-electron chi connectivity index (χ2n) is 5.72. The standard InChI is InChI=1S/C20H20O2/c1-3-14(2)20(21)22-13-17-9-6-8-16-12-11-15-7-4-5-10-18(15)19(16)17/h4-12,14H,3,13H2,1-2H3. The number of carbonyl (C=O) groups is 1. The molecule has 3 rings (SSSR count). The Kier molecular flexibility index (Phi) is 4.10. The molecule has 2 nitrogen and oxygen atoms in total. The number of hydrogen-bond acceptors (Lipinski definition) is 2. The highest BCUT2D eigenvalue weighted by Gasteiger charge is 2.13. The van der Waals surface area contributed by atoms with Crippen molar-refractivity contribution in [2.45, 2.75) is 26.9 Å². The Bertz CT molecular complexity index is 820. The Morgan fingerprint density at radius 2 is 1.73 bits per heavy atom. The summed E-state index contributed by atoms with van der Waals surface area (Å²) in [5.41, 5.74) is 1.06. The minimum absolute atomic E-state index is 0.0493. The molecule has 0 amide bonds. The number of ether oxygens (including phenoxy) is 1. The highest BCUT2D eigenvalue weighted by Crippen LogP contribution is 2.28. The predicted octanol–water partition coefficient (Wildman–Crippen LogP) is 5.08. The molecule has 0 aliphatic heterocycles. The molecule has 3 aromatic rings. The average Bonchev–Trinajstić information content (AvgIpc) is 2.58. The van der Waals surface area contributed by atoms with Gasteiger partial charge in [0.25, 0.3) is 0 Å². The fraction of sp³-hybridized carbons (Fsp3) is 0.250. The van der Waals surface area contributed by atoms with E-state index in [0.29, 0.717) is 6.61 Å². The molecule has 2 heteroatoms. The quantitative estimate of drug-likeness (QED) is 0.495. The van der Waals surface area contributed by atoms with Crippen LogP contribution in [0.3, 0.4) is 0 Å². The summed E-state index contributed by atoms with van der Waals surface area (Å²) >= 11 is 0. The fourth-order valence-corrected chi connectivity index (χ4v) is 2.72. The van der Waals surface area contributed by atoms with Crippen molar-refractivity contribution >= 4 is 27.5 Å². The van der Waals surface area contributed by atoms with Crippen LogP contribution in [0.15, 0.2) is 54.6 Å². The summed E-state index contributed by atoms with van der Waals surface area (Å²) in [7, 11) is 0. The SMILES string of the molecule is CCC(C)C(=O)OCc1cccc2ccc3ccccc3c12. The predicted molar refractivity (Wildman–Crippen MR) is 90.7 cm³/mol. The first-order valence-electron chi connectivity index (χ1n) is 7.76. The van der Waals surface area contributed by atoms with Gasteiger partial charge in [-0.05, 0) is 33.5 Å². The van der Waals surface area contributed by atoms with Crippen LogP contribution in [0.25, 0.3) is 21.5 Å². The summed E-state index contributed by atoms with van der Waals surface area (Å²) in [6, 6.07) is 18.7. The maximum atomic E-state index is 11.9. The van der Waals surface area contributed by atoms with Crippen LogP contribution < -0.4 is 0 Å². The third-order valence-corrected chi connectivity index (χ3v) is 4.24. The van der Waals surface area contributed by atoms with Crippen LogP contribution in [0, 0.1) is 5.92 Å². The van der Waals surface area contributed by atoms with Gasteiger partial charge in [0.05, 0.1) is 5.92 Å². The summed E-state index contributed by atoms with van der Waals surface area (Å²) in [4.78, 5) is 11.9. The van der Waals surface area contributed by atoms with Gasteiger partial charge in [-0.3, -0.25) is 4.79 Å². The first-order valence-corrected chi connectivity index (χ1v) is 7.76. The number of rotatable bonds is 4. The molecule has 1 unspecified atom stereocenters. The van der Waals surface area contributed by atoms with Gasteiger partial charge in [0.2, 0.25) is 0 Å². The van der Waals surface area contributed by atoms with E-state index in [1.54, 1.807) is 0 Å². The van der Waals surface area contributed by atoms with Crippen LogP contribution >= 0.6 is 0 Å². The van der Waals surface area contributed by atoms with Gasteiger partial charge in [-0.2, -0.15) is 0 Å². The van der Waals surface area contributed by atoms with Gasteiger partial charge in [-0.25, -0.2) is 0 Å². The third-order valence-electron chi connectivity index (χ3n) is 4.24. The van der Waals surface area contributed by atoms with E-state index < -0.39 is 0 Å². The van der Waals surface area contributed by atoms with E-state index >= 15 is 0 Å². The van der Waals surface area contributed by atoms with Crippen LogP contribution in [-0.4, -0.2) is 5.97 Å². The Morgan fingerprint density at radius 3 is 2.55 bits per heavy atom. The molecule has 0 radical (unpaired) electrons. The molecule has 0 aliphatic carbocycles. The van der Waals surface area contributed by atoms with E-state index in [9.17, 15) is 4.79 Å². The van der Waals surface area contributed by atoms with Crippen LogP contribution in [0.2, 0.25) is 0 Å². The zero-order valence-electron chi connectivity index (χ0n) is 13.0. The van der Waals surface area contributed by atoms with Crippen LogP contribution in [0.5, 0.6) is 0 Å². The van der Waals surface area contributed by atoms with Crippen LogP contribution in [-0.2, 0) is 16.1 Å². The Hall–Kier alpha value is -2.35. The van der Waals surface area contributed by atoms with E-state index in [-0.39, 0.29) is 11.9 Å². The van der Waals surface area contributed by atoms with Crippen molar-refractivity contribution < 1.29 is 9.53 Å². The fourth-order valence-electron chi connectivity index (χ4n) is 2.72. The lowest BCUT2D eigenvalue weighted by molar-refractivity contribution is -0.149. The molecular weight excluding hydrogens is 272 g/mol. The van der Waals surface area contributed by atoms with Gasteiger partial charge >= 0.3 is 5.97 Å². The lowest BCUT2D eigenvalue weighted by atomic mass is 9.98. The van der Waals surface area contributed by atoms with Crippen molar-refractivity contribution in [3.8, 4) is 0 Å². The molecule has 0 fully saturated rings. The third kappa shape index (κ3) is 2.69. The molecule has 1 atom stereocenters. The van der Waals surface area contributed by atoms with E-state index in [2.05, 4.69) is 30.3 Å².